The highest BCUT2D eigenvalue weighted by molar-refractivity contribution is 6.13. The Balaban J connectivity index is 1.39. The monoisotopic (exact) mass is 395 g/mol. The van der Waals surface area contributed by atoms with Crippen molar-refractivity contribution in [3.8, 4) is 0 Å². The van der Waals surface area contributed by atoms with E-state index in [4.69, 9.17) is 0 Å². The zero-order chi connectivity index (χ0) is 20.4. The van der Waals surface area contributed by atoms with Crippen molar-refractivity contribution >= 4 is 23.2 Å². The summed E-state index contributed by atoms with van der Waals surface area (Å²) < 4.78 is 13.1. The van der Waals surface area contributed by atoms with Crippen LogP contribution in [0, 0.1) is 11.2 Å². The molecule has 0 spiro atoms. The number of anilines is 2. The fraction of sp³-hybridized carbons (Fsp3) is 0.391. The number of carbonyl (C=O) groups excluding carboxylic acids is 2. The second-order valence-corrected chi connectivity index (χ2v) is 7.80. The van der Waals surface area contributed by atoms with Gasteiger partial charge in [-0.05, 0) is 55.2 Å². The minimum Gasteiger partial charge on any atom is -0.368 e. The summed E-state index contributed by atoms with van der Waals surface area (Å²) in [6, 6.07) is 14.1. The molecule has 152 valence electrons. The van der Waals surface area contributed by atoms with Gasteiger partial charge in [-0.2, -0.15) is 0 Å². The molecule has 0 atom stereocenters. The number of carbonyl (C=O) groups is 2. The third-order valence-corrected chi connectivity index (χ3v) is 6.00. The van der Waals surface area contributed by atoms with Gasteiger partial charge in [-0.1, -0.05) is 25.1 Å². The lowest BCUT2D eigenvalue weighted by molar-refractivity contribution is -0.142. The van der Waals surface area contributed by atoms with Gasteiger partial charge in [0.05, 0.1) is 0 Å². The first kappa shape index (κ1) is 19.4. The molecule has 4 rings (SSSR count). The summed E-state index contributed by atoms with van der Waals surface area (Å²) in [5.74, 6) is -0.513. The molecule has 1 aliphatic heterocycles. The van der Waals surface area contributed by atoms with Crippen LogP contribution in [0.15, 0.2) is 48.5 Å². The van der Waals surface area contributed by atoms with Gasteiger partial charge in [0.25, 0.3) is 0 Å². The number of rotatable bonds is 5. The lowest BCUT2D eigenvalue weighted by Crippen LogP contribution is -2.52. The number of aryl methyl sites for hydroxylation is 1. The van der Waals surface area contributed by atoms with Crippen molar-refractivity contribution in [2.24, 2.45) is 5.41 Å². The number of benzene rings is 2. The van der Waals surface area contributed by atoms with Crippen molar-refractivity contribution in [1.82, 2.24) is 4.90 Å². The first-order valence-electron chi connectivity index (χ1n) is 10.2. The van der Waals surface area contributed by atoms with Gasteiger partial charge >= 0.3 is 0 Å². The Bertz CT molecular complexity index is 901. The average Bonchev–Trinajstić information content (AvgIpc) is 3.56. The fourth-order valence-corrected chi connectivity index (χ4v) is 3.98. The van der Waals surface area contributed by atoms with Crippen LogP contribution in [0.4, 0.5) is 15.8 Å². The van der Waals surface area contributed by atoms with Gasteiger partial charge in [-0.25, -0.2) is 4.39 Å². The van der Waals surface area contributed by atoms with Gasteiger partial charge in [0.15, 0.2) is 0 Å². The lowest BCUT2D eigenvalue weighted by atomic mass is 10.0. The van der Waals surface area contributed by atoms with E-state index < -0.39 is 5.41 Å². The summed E-state index contributed by atoms with van der Waals surface area (Å²) in [6.45, 7) is 4.53. The van der Waals surface area contributed by atoms with Crippen molar-refractivity contribution < 1.29 is 14.0 Å². The molecular formula is C23H26FN3O2. The Morgan fingerprint density at radius 2 is 1.66 bits per heavy atom. The van der Waals surface area contributed by atoms with Crippen LogP contribution in [0.2, 0.25) is 0 Å². The van der Waals surface area contributed by atoms with Crippen LogP contribution >= 0.6 is 0 Å². The van der Waals surface area contributed by atoms with Crippen LogP contribution in [0.25, 0.3) is 0 Å². The summed E-state index contributed by atoms with van der Waals surface area (Å²) >= 11 is 0. The van der Waals surface area contributed by atoms with E-state index in [9.17, 15) is 14.0 Å². The third kappa shape index (κ3) is 3.84. The van der Waals surface area contributed by atoms with E-state index in [1.165, 1.54) is 12.1 Å². The average molecular weight is 395 g/mol. The van der Waals surface area contributed by atoms with Gasteiger partial charge in [0, 0.05) is 37.6 Å². The van der Waals surface area contributed by atoms with Crippen LogP contribution in [0.5, 0.6) is 0 Å². The number of nitrogens with zero attached hydrogens (tertiary/aromatic N) is 2. The maximum absolute atomic E-state index is 13.2. The van der Waals surface area contributed by atoms with Gasteiger partial charge in [-0.3, -0.25) is 9.59 Å². The summed E-state index contributed by atoms with van der Waals surface area (Å²) in [6.07, 6.45) is 2.02. The topological polar surface area (TPSA) is 52.7 Å². The predicted molar refractivity (Wildman–Crippen MR) is 111 cm³/mol. The van der Waals surface area contributed by atoms with Crippen molar-refractivity contribution in [3.05, 3.63) is 59.9 Å². The third-order valence-electron chi connectivity index (χ3n) is 6.00. The fourth-order valence-electron chi connectivity index (χ4n) is 3.98. The standard InChI is InChI=1S/C23H26FN3O2/c1-2-17-5-3-4-6-20(17)25-21(28)23(11-12-23)22(29)27-15-13-26(14-16-27)19-9-7-18(24)8-10-19/h3-10H,2,11-16H2,1H3,(H,25,28). The number of hydrogen-bond acceptors (Lipinski definition) is 3. The smallest absolute Gasteiger partial charge is 0.240 e. The Hall–Kier alpha value is -2.89. The molecule has 1 heterocycles. The number of halogens is 1. The molecule has 5 nitrogen and oxygen atoms in total. The minimum atomic E-state index is -0.918. The highest BCUT2D eigenvalue weighted by atomic mass is 19.1. The molecule has 1 saturated carbocycles. The van der Waals surface area contributed by atoms with Crippen LogP contribution in [-0.2, 0) is 16.0 Å². The summed E-state index contributed by atoms with van der Waals surface area (Å²) in [5.41, 5.74) is 1.89. The molecule has 0 aromatic heterocycles. The minimum absolute atomic E-state index is 0.0669. The number of piperazine rings is 1. The Labute approximate surface area is 170 Å². The van der Waals surface area contributed by atoms with E-state index in [1.807, 2.05) is 31.2 Å². The molecule has 2 amide bonds. The van der Waals surface area contributed by atoms with Crippen molar-refractivity contribution in [1.29, 1.82) is 0 Å². The first-order valence-corrected chi connectivity index (χ1v) is 10.2. The maximum atomic E-state index is 13.2. The molecule has 1 aliphatic carbocycles. The van der Waals surface area contributed by atoms with Gasteiger partial charge in [0.1, 0.15) is 11.2 Å². The van der Waals surface area contributed by atoms with E-state index in [-0.39, 0.29) is 17.6 Å². The zero-order valence-corrected chi connectivity index (χ0v) is 16.7. The van der Waals surface area contributed by atoms with Crippen molar-refractivity contribution in [3.63, 3.8) is 0 Å². The molecule has 29 heavy (non-hydrogen) atoms. The van der Waals surface area contributed by atoms with Crippen LogP contribution < -0.4 is 10.2 Å². The number of hydrogen-bond donors (Lipinski definition) is 1. The van der Waals surface area contributed by atoms with E-state index in [0.29, 0.717) is 39.0 Å². The number of para-hydroxylation sites is 1. The van der Waals surface area contributed by atoms with Crippen molar-refractivity contribution in [2.75, 3.05) is 36.4 Å². The molecule has 2 aliphatic rings. The van der Waals surface area contributed by atoms with E-state index >= 15 is 0 Å². The molecule has 2 aromatic carbocycles. The number of amides is 2. The van der Waals surface area contributed by atoms with Crippen LogP contribution in [0.1, 0.15) is 25.3 Å². The summed E-state index contributed by atoms with van der Waals surface area (Å²) in [7, 11) is 0. The summed E-state index contributed by atoms with van der Waals surface area (Å²) in [4.78, 5) is 30.1. The van der Waals surface area contributed by atoms with Gasteiger partial charge in [0.2, 0.25) is 11.8 Å². The van der Waals surface area contributed by atoms with Crippen molar-refractivity contribution in [2.45, 2.75) is 26.2 Å². The Morgan fingerprint density at radius 1 is 1.00 bits per heavy atom. The second-order valence-electron chi connectivity index (χ2n) is 7.80. The Kier molecular flexibility index (Phi) is 5.26. The van der Waals surface area contributed by atoms with Crippen LogP contribution in [-0.4, -0.2) is 42.9 Å². The SMILES string of the molecule is CCc1ccccc1NC(=O)C1(C(=O)N2CCN(c3ccc(F)cc3)CC2)CC1. The summed E-state index contributed by atoms with van der Waals surface area (Å²) in [5, 5.41) is 2.99. The molecule has 0 unspecified atom stereocenters. The van der Waals surface area contributed by atoms with E-state index in [0.717, 1.165) is 23.4 Å². The largest absolute Gasteiger partial charge is 0.368 e. The quantitative estimate of drug-likeness (QED) is 0.789. The highest BCUT2D eigenvalue weighted by Crippen LogP contribution is 2.48. The Morgan fingerprint density at radius 3 is 2.28 bits per heavy atom. The van der Waals surface area contributed by atoms with Gasteiger partial charge in [-0.15, -0.1) is 0 Å². The highest BCUT2D eigenvalue weighted by Gasteiger charge is 2.58. The predicted octanol–water partition coefficient (Wildman–Crippen LogP) is 3.46. The number of nitrogens with one attached hydrogen (secondary N) is 1. The molecule has 0 bridgehead atoms. The first-order chi connectivity index (χ1) is 14.0. The molecule has 2 fully saturated rings. The van der Waals surface area contributed by atoms with Crippen LogP contribution in [0.3, 0.4) is 0 Å². The molecule has 1 N–H and O–H groups in total. The molecule has 1 saturated heterocycles. The molecule has 0 radical (unpaired) electrons. The molecular weight excluding hydrogens is 369 g/mol. The molecule has 2 aromatic rings. The normalized spacial score (nSPS) is 17.7. The zero-order valence-electron chi connectivity index (χ0n) is 16.7. The van der Waals surface area contributed by atoms with E-state index in [2.05, 4.69) is 10.2 Å². The second kappa shape index (κ2) is 7.85. The molecule has 6 heteroatoms. The van der Waals surface area contributed by atoms with E-state index in [1.54, 1.807) is 17.0 Å². The van der Waals surface area contributed by atoms with Gasteiger partial charge < -0.3 is 15.1 Å². The lowest BCUT2D eigenvalue weighted by Gasteiger charge is -2.37. The maximum Gasteiger partial charge on any atom is 0.240 e.